The summed E-state index contributed by atoms with van der Waals surface area (Å²) in [7, 11) is 0. The molecular weight excluding hydrogens is 576 g/mol. The Morgan fingerprint density at radius 1 is 0.553 bits per heavy atom. The molecule has 0 atom stereocenters. The molecule has 0 spiro atoms. The molecule has 0 aliphatic rings. The van der Waals surface area contributed by atoms with Gasteiger partial charge in [0.05, 0.1) is 28.5 Å². The molecule has 2 heterocycles. The fourth-order valence-corrected chi connectivity index (χ4v) is 6.80. The van der Waals surface area contributed by atoms with Crippen LogP contribution in [0.5, 0.6) is 0 Å². The molecule has 2 aromatic heterocycles. The van der Waals surface area contributed by atoms with Crippen molar-refractivity contribution in [2.24, 2.45) is 0 Å². The Morgan fingerprint density at radius 2 is 0.979 bits per heavy atom. The van der Waals surface area contributed by atoms with Crippen molar-refractivity contribution < 1.29 is 9.53 Å². The summed E-state index contributed by atoms with van der Waals surface area (Å²) in [5.41, 5.74) is 9.75. The number of ether oxygens (including phenoxy) is 1. The van der Waals surface area contributed by atoms with Crippen LogP contribution in [0.3, 0.4) is 0 Å². The highest BCUT2D eigenvalue weighted by Crippen LogP contribution is 2.35. The predicted molar refractivity (Wildman–Crippen MR) is 195 cm³/mol. The molecule has 4 nitrogen and oxygen atoms in total. The van der Waals surface area contributed by atoms with E-state index in [2.05, 4.69) is 143 Å². The summed E-state index contributed by atoms with van der Waals surface area (Å²) >= 11 is 0. The van der Waals surface area contributed by atoms with Crippen LogP contribution in [0.15, 0.2) is 140 Å². The molecule has 0 radical (unpaired) electrons. The van der Waals surface area contributed by atoms with E-state index in [4.69, 9.17) is 4.74 Å². The van der Waals surface area contributed by atoms with Gasteiger partial charge in [0.2, 0.25) is 0 Å². The molecule has 0 saturated carbocycles. The van der Waals surface area contributed by atoms with Gasteiger partial charge < -0.3 is 13.9 Å². The zero-order valence-corrected chi connectivity index (χ0v) is 26.9. The van der Waals surface area contributed by atoms with E-state index < -0.39 is 5.60 Å². The van der Waals surface area contributed by atoms with Gasteiger partial charge in [0.1, 0.15) is 5.60 Å². The van der Waals surface area contributed by atoms with Crippen LogP contribution >= 0.6 is 0 Å². The van der Waals surface area contributed by atoms with E-state index in [1.165, 1.54) is 32.9 Å². The zero-order chi connectivity index (χ0) is 32.1. The lowest BCUT2D eigenvalue weighted by Gasteiger charge is -2.23. The Balaban J connectivity index is 1.12. The number of rotatable bonds is 7. The second kappa shape index (κ2) is 11.3. The number of fused-ring (bicyclic) bond motifs is 6. The predicted octanol–water partition coefficient (Wildman–Crippen LogP) is 10.8. The SMILES string of the molecule is CCC(C)(C)OC(=O)Cc1ccc2c(c1)c1ccccc1n2-c1ccc(-c2ccc(-n3c4ccccc4c4ccccc43)cc2)cc1. The Labute approximate surface area is 274 Å². The molecular formula is C43H36N2O2. The minimum Gasteiger partial charge on any atom is -0.459 e. The lowest BCUT2D eigenvalue weighted by Crippen LogP contribution is -2.27. The van der Waals surface area contributed by atoms with E-state index in [1.807, 2.05) is 26.8 Å². The maximum atomic E-state index is 12.7. The Kier molecular flexibility index (Phi) is 6.95. The molecule has 0 fully saturated rings. The Morgan fingerprint density at radius 3 is 1.45 bits per heavy atom. The van der Waals surface area contributed by atoms with E-state index in [9.17, 15) is 4.79 Å². The van der Waals surface area contributed by atoms with Crippen molar-refractivity contribution in [1.82, 2.24) is 9.13 Å². The van der Waals surface area contributed by atoms with Gasteiger partial charge in [-0.3, -0.25) is 4.79 Å². The first-order valence-corrected chi connectivity index (χ1v) is 16.3. The van der Waals surface area contributed by atoms with E-state index in [0.29, 0.717) is 0 Å². The van der Waals surface area contributed by atoms with Crippen molar-refractivity contribution in [3.8, 4) is 22.5 Å². The van der Waals surface area contributed by atoms with Crippen LogP contribution in [0.2, 0.25) is 0 Å². The molecule has 8 rings (SSSR count). The van der Waals surface area contributed by atoms with Crippen LogP contribution in [-0.2, 0) is 16.0 Å². The highest BCUT2D eigenvalue weighted by molar-refractivity contribution is 6.10. The summed E-state index contributed by atoms with van der Waals surface area (Å²) < 4.78 is 10.4. The number of para-hydroxylation sites is 3. The molecule has 0 aliphatic carbocycles. The van der Waals surface area contributed by atoms with Crippen molar-refractivity contribution in [3.63, 3.8) is 0 Å². The number of nitrogens with zero attached hydrogens (tertiary/aromatic N) is 2. The average Bonchev–Trinajstić information content (AvgIpc) is 3.61. The topological polar surface area (TPSA) is 36.2 Å². The molecule has 230 valence electrons. The largest absolute Gasteiger partial charge is 0.459 e. The number of hydrogen-bond acceptors (Lipinski definition) is 2. The maximum absolute atomic E-state index is 12.7. The first-order valence-electron chi connectivity index (χ1n) is 16.3. The fourth-order valence-electron chi connectivity index (χ4n) is 6.80. The fraction of sp³-hybridized carbons (Fsp3) is 0.140. The van der Waals surface area contributed by atoms with Crippen molar-refractivity contribution in [1.29, 1.82) is 0 Å². The first kappa shape index (κ1) is 28.8. The lowest BCUT2D eigenvalue weighted by atomic mass is 10.0. The normalized spacial score (nSPS) is 12.0. The third kappa shape index (κ3) is 5.07. The highest BCUT2D eigenvalue weighted by atomic mass is 16.6. The van der Waals surface area contributed by atoms with Crippen molar-refractivity contribution in [2.45, 2.75) is 39.2 Å². The molecule has 0 aliphatic heterocycles. The molecule has 0 N–H and O–H groups in total. The minimum atomic E-state index is -0.461. The Bertz CT molecular complexity index is 2370. The maximum Gasteiger partial charge on any atom is 0.310 e. The number of esters is 1. The third-order valence-electron chi connectivity index (χ3n) is 9.49. The third-order valence-corrected chi connectivity index (χ3v) is 9.49. The van der Waals surface area contributed by atoms with Gasteiger partial charge >= 0.3 is 5.97 Å². The van der Waals surface area contributed by atoms with E-state index in [0.717, 1.165) is 45.2 Å². The van der Waals surface area contributed by atoms with Crippen molar-refractivity contribution in [2.75, 3.05) is 0 Å². The lowest BCUT2D eigenvalue weighted by molar-refractivity contribution is -0.155. The van der Waals surface area contributed by atoms with Gasteiger partial charge in [-0.2, -0.15) is 0 Å². The van der Waals surface area contributed by atoms with Gasteiger partial charge in [0.15, 0.2) is 0 Å². The number of benzene rings is 6. The molecule has 6 aromatic carbocycles. The van der Waals surface area contributed by atoms with Gasteiger partial charge in [-0.05, 0) is 91.6 Å². The van der Waals surface area contributed by atoms with Gasteiger partial charge in [-0.1, -0.05) is 91.9 Å². The van der Waals surface area contributed by atoms with E-state index in [-0.39, 0.29) is 12.4 Å². The van der Waals surface area contributed by atoms with Crippen molar-refractivity contribution in [3.05, 3.63) is 145 Å². The van der Waals surface area contributed by atoms with Gasteiger partial charge in [0.25, 0.3) is 0 Å². The smallest absolute Gasteiger partial charge is 0.310 e. The summed E-state index contributed by atoms with van der Waals surface area (Å²) in [4.78, 5) is 12.7. The second-order valence-corrected chi connectivity index (χ2v) is 12.9. The first-order chi connectivity index (χ1) is 22.9. The van der Waals surface area contributed by atoms with Gasteiger partial charge in [-0.15, -0.1) is 0 Å². The molecule has 0 unspecified atom stereocenters. The summed E-state index contributed by atoms with van der Waals surface area (Å²) in [6.07, 6.45) is 1.03. The minimum absolute atomic E-state index is 0.196. The number of carbonyl (C=O) groups excluding carboxylic acids is 1. The molecule has 8 aromatic rings. The van der Waals surface area contributed by atoms with Gasteiger partial charge in [-0.25, -0.2) is 0 Å². The summed E-state index contributed by atoms with van der Waals surface area (Å²) in [5, 5.41) is 4.83. The van der Waals surface area contributed by atoms with Crippen LogP contribution in [0, 0.1) is 0 Å². The highest BCUT2D eigenvalue weighted by Gasteiger charge is 2.21. The van der Waals surface area contributed by atoms with Crippen LogP contribution in [0.25, 0.3) is 66.1 Å². The van der Waals surface area contributed by atoms with E-state index >= 15 is 0 Å². The van der Waals surface area contributed by atoms with Crippen LogP contribution in [-0.4, -0.2) is 20.7 Å². The van der Waals surface area contributed by atoms with Crippen molar-refractivity contribution >= 4 is 49.6 Å². The Hall–Kier alpha value is -5.61. The summed E-state index contributed by atoms with van der Waals surface area (Å²) in [5.74, 6) is -0.196. The average molecular weight is 613 g/mol. The molecule has 0 saturated heterocycles. The molecule has 0 bridgehead atoms. The molecule has 47 heavy (non-hydrogen) atoms. The van der Waals surface area contributed by atoms with Crippen LogP contribution < -0.4 is 0 Å². The standard InChI is InChI=1S/C43H36N2O2/c1-4-43(2,3)47-42(46)28-29-17-26-41-37(27-29)36-13-7-10-16-40(36)45(41)33-24-20-31(21-25-33)30-18-22-32(23-19-30)44-38-14-8-5-11-34(38)35-12-6-9-15-39(35)44/h5-27H,4,28H2,1-3H3. The van der Waals surface area contributed by atoms with E-state index in [1.54, 1.807) is 0 Å². The monoisotopic (exact) mass is 612 g/mol. The summed E-state index contributed by atoms with van der Waals surface area (Å²) in [6, 6.07) is 49.6. The molecule has 0 amide bonds. The van der Waals surface area contributed by atoms with Gasteiger partial charge in [0, 0.05) is 32.9 Å². The second-order valence-electron chi connectivity index (χ2n) is 12.9. The number of hydrogen-bond donors (Lipinski definition) is 0. The van der Waals surface area contributed by atoms with Crippen LogP contribution in [0.4, 0.5) is 0 Å². The number of aromatic nitrogens is 2. The zero-order valence-electron chi connectivity index (χ0n) is 26.9. The summed E-state index contributed by atoms with van der Waals surface area (Å²) in [6.45, 7) is 5.94. The molecule has 4 heteroatoms. The van der Waals surface area contributed by atoms with Crippen LogP contribution in [0.1, 0.15) is 32.8 Å². The number of carbonyl (C=O) groups is 1. The quantitative estimate of drug-likeness (QED) is 0.168.